The Kier molecular flexibility index (Phi) is 13.4. The molecule has 46 heavy (non-hydrogen) atoms. The summed E-state index contributed by atoms with van der Waals surface area (Å²) in [5.41, 5.74) is 1.80. The molecule has 0 aromatic heterocycles. The van der Waals surface area contributed by atoms with Gasteiger partial charge in [-0.3, -0.25) is 0 Å². The summed E-state index contributed by atoms with van der Waals surface area (Å²) in [6.45, 7) is 3.24. The van der Waals surface area contributed by atoms with Gasteiger partial charge in [-0.15, -0.1) is 0 Å². The van der Waals surface area contributed by atoms with E-state index in [1.165, 1.54) is 47.7 Å². The Labute approximate surface area is 309 Å². The standard InChI is InChI=1S/C41H46OSi.2ClH.Zr/c1-2-41(32-18-12-13-19-32,40-38-28-16-14-26-36(38)37-27-15-17-29-39(37)40)30-31-42-43(33-20-6-3-7-21-33,34-22-8-4-9-23-34)35-24-10-5-11-25-35;;;/h3-14,16,18,20-26,28,36-40H,2,15,17,19,27,29-31H2,1H3;2*1H;/q;;;+2/p-2. The second-order valence-corrected chi connectivity index (χ2v) is 16.7. The summed E-state index contributed by atoms with van der Waals surface area (Å²) in [6, 6.07) is 33.3. The molecule has 0 aliphatic heterocycles. The van der Waals surface area contributed by atoms with Gasteiger partial charge in [-0.25, -0.2) is 0 Å². The Morgan fingerprint density at radius 3 is 1.72 bits per heavy atom. The quantitative estimate of drug-likeness (QED) is 0.229. The van der Waals surface area contributed by atoms with Gasteiger partial charge in [-0.05, 0) is 82.7 Å². The monoisotopic (exact) mass is 742 g/mol. The van der Waals surface area contributed by atoms with Crippen LogP contribution in [0.15, 0.2) is 139 Å². The van der Waals surface area contributed by atoms with Crippen LogP contribution in [0.1, 0.15) is 51.9 Å². The van der Waals surface area contributed by atoms with Crippen molar-refractivity contribution in [1.82, 2.24) is 0 Å². The predicted octanol–water partition coefficient (Wildman–Crippen LogP) is 2.14. The second-order valence-electron chi connectivity index (χ2n) is 13.3. The number of fused-ring (bicyclic) bond motifs is 3. The molecule has 0 radical (unpaired) electrons. The van der Waals surface area contributed by atoms with Crippen LogP contribution in [0.4, 0.5) is 0 Å². The first-order valence-corrected chi connectivity index (χ1v) is 18.7. The van der Waals surface area contributed by atoms with Crippen LogP contribution in [0, 0.1) is 35.0 Å². The van der Waals surface area contributed by atoms with Gasteiger partial charge in [0.15, 0.2) is 0 Å². The van der Waals surface area contributed by atoms with Crippen molar-refractivity contribution in [3.05, 3.63) is 139 Å². The smallest absolute Gasteiger partial charge is 1.00 e. The van der Waals surface area contributed by atoms with E-state index in [4.69, 9.17) is 4.43 Å². The van der Waals surface area contributed by atoms with Crippen molar-refractivity contribution < 1.29 is 55.4 Å². The largest absolute Gasteiger partial charge is 2.00 e. The molecule has 3 aromatic rings. The number of allylic oxidation sites excluding steroid dienone is 8. The van der Waals surface area contributed by atoms with Gasteiger partial charge in [-0.2, -0.15) is 0 Å². The summed E-state index contributed by atoms with van der Waals surface area (Å²) in [7, 11) is -2.74. The number of hydrogen-bond acceptors (Lipinski definition) is 1. The molecule has 0 heterocycles. The number of benzene rings is 3. The van der Waals surface area contributed by atoms with E-state index in [1.807, 2.05) is 0 Å². The average Bonchev–Trinajstić information content (AvgIpc) is 3.75. The Morgan fingerprint density at radius 1 is 0.696 bits per heavy atom. The van der Waals surface area contributed by atoms with E-state index in [-0.39, 0.29) is 56.4 Å². The van der Waals surface area contributed by atoms with E-state index in [1.54, 1.807) is 5.57 Å². The molecule has 0 amide bonds. The molecule has 4 aliphatic carbocycles. The molecular formula is C41H46Cl2OSiZr. The minimum absolute atomic E-state index is 0. The van der Waals surface area contributed by atoms with Gasteiger partial charge in [0.2, 0.25) is 0 Å². The molecular weight excluding hydrogens is 699 g/mol. The van der Waals surface area contributed by atoms with Crippen molar-refractivity contribution in [2.75, 3.05) is 6.61 Å². The summed E-state index contributed by atoms with van der Waals surface area (Å²) < 4.78 is 7.60. The molecule has 6 atom stereocenters. The predicted molar refractivity (Wildman–Crippen MR) is 183 cm³/mol. The third-order valence-corrected chi connectivity index (χ3v) is 15.6. The first-order chi connectivity index (χ1) is 21.3. The van der Waals surface area contributed by atoms with Crippen LogP contribution in [0.5, 0.6) is 0 Å². The topological polar surface area (TPSA) is 9.23 Å². The first-order valence-electron chi connectivity index (χ1n) is 16.8. The normalized spacial score (nSPS) is 25.6. The molecule has 2 saturated carbocycles. The first kappa shape index (κ1) is 37.1. The third-order valence-electron chi connectivity index (χ3n) is 11.6. The van der Waals surface area contributed by atoms with Crippen LogP contribution in [-0.2, 0) is 30.6 Å². The Morgan fingerprint density at radius 2 is 1.22 bits per heavy atom. The molecule has 238 valence electrons. The van der Waals surface area contributed by atoms with E-state index in [0.29, 0.717) is 17.8 Å². The summed E-state index contributed by atoms with van der Waals surface area (Å²) >= 11 is 0. The van der Waals surface area contributed by atoms with Crippen LogP contribution in [-0.4, -0.2) is 14.9 Å². The van der Waals surface area contributed by atoms with E-state index in [2.05, 4.69) is 140 Å². The van der Waals surface area contributed by atoms with E-state index in [0.717, 1.165) is 31.3 Å². The molecule has 6 unspecified atom stereocenters. The van der Waals surface area contributed by atoms with Gasteiger partial charge in [0, 0.05) is 6.61 Å². The maximum absolute atomic E-state index is 7.60. The van der Waals surface area contributed by atoms with Crippen molar-refractivity contribution in [1.29, 1.82) is 0 Å². The molecule has 7 rings (SSSR count). The van der Waals surface area contributed by atoms with Crippen molar-refractivity contribution >= 4 is 23.9 Å². The van der Waals surface area contributed by atoms with Crippen LogP contribution >= 0.6 is 0 Å². The van der Waals surface area contributed by atoms with Gasteiger partial charge < -0.3 is 29.2 Å². The average molecular weight is 745 g/mol. The van der Waals surface area contributed by atoms with Crippen LogP contribution in [0.2, 0.25) is 0 Å². The van der Waals surface area contributed by atoms with Crippen molar-refractivity contribution in [3.8, 4) is 0 Å². The van der Waals surface area contributed by atoms with Crippen LogP contribution < -0.4 is 40.4 Å². The molecule has 0 N–H and O–H groups in total. The van der Waals surface area contributed by atoms with Crippen LogP contribution in [0.3, 0.4) is 0 Å². The molecule has 3 aromatic carbocycles. The molecule has 0 spiro atoms. The SMILES string of the molecule is CCC(CCO[Si](c1ccccc1)(c1ccccc1)c1ccccc1)(C1=CC=CC1)C1C2C=CC=CC2C2CCCCC21.[Cl-].[Cl-].[Zr+2]. The van der Waals surface area contributed by atoms with Crippen LogP contribution in [0.25, 0.3) is 0 Å². The Hall–Kier alpha value is -1.74. The Balaban J connectivity index is 0.00000160. The van der Waals surface area contributed by atoms with E-state index in [9.17, 15) is 0 Å². The molecule has 4 aliphatic rings. The van der Waals surface area contributed by atoms with Gasteiger partial charge in [0.1, 0.15) is 0 Å². The van der Waals surface area contributed by atoms with E-state index >= 15 is 0 Å². The van der Waals surface area contributed by atoms with Crippen molar-refractivity contribution in [2.45, 2.75) is 51.9 Å². The number of halogens is 2. The third kappa shape index (κ3) is 6.62. The zero-order valence-corrected chi connectivity index (χ0v) is 31.9. The van der Waals surface area contributed by atoms with Gasteiger partial charge >= 0.3 is 26.2 Å². The molecule has 1 nitrogen and oxygen atoms in total. The fourth-order valence-electron chi connectivity index (χ4n) is 9.76. The minimum atomic E-state index is -2.74. The Bertz CT molecular complexity index is 1410. The number of rotatable bonds is 10. The summed E-state index contributed by atoms with van der Waals surface area (Å²) in [5.74, 6) is 3.65. The maximum Gasteiger partial charge on any atom is 2.00 e. The second kappa shape index (κ2) is 16.6. The maximum atomic E-state index is 7.60. The molecule has 5 heteroatoms. The number of hydrogen-bond donors (Lipinski definition) is 0. The van der Waals surface area contributed by atoms with Gasteiger partial charge in [0.25, 0.3) is 8.32 Å². The zero-order valence-electron chi connectivity index (χ0n) is 26.9. The minimum Gasteiger partial charge on any atom is -1.00 e. The van der Waals surface area contributed by atoms with E-state index < -0.39 is 8.32 Å². The zero-order chi connectivity index (χ0) is 29.1. The van der Waals surface area contributed by atoms with Gasteiger partial charge in [0.05, 0.1) is 0 Å². The molecule has 0 bridgehead atoms. The molecule has 0 saturated heterocycles. The summed E-state index contributed by atoms with van der Waals surface area (Å²) in [5, 5.41) is 3.97. The fourth-order valence-corrected chi connectivity index (χ4v) is 13.7. The summed E-state index contributed by atoms with van der Waals surface area (Å²) in [4.78, 5) is 0. The fraction of sp³-hybridized carbons (Fsp3) is 0.366. The molecule has 2 fully saturated rings. The van der Waals surface area contributed by atoms with Gasteiger partial charge in [-0.1, -0.05) is 159 Å². The van der Waals surface area contributed by atoms with Crippen molar-refractivity contribution in [2.24, 2.45) is 35.0 Å². The van der Waals surface area contributed by atoms with Crippen molar-refractivity contribution in [3.63, 3.8) is 0 Å². The summed E-state index contributed by atoms with van der Waals surface area (Å²) in [6.07, 6.45) is 26.0.